The number of amidine groups is 1. The summed E-state index contributed by atoms with van der Waals surface area (Å²) in [5.74, 6) is 0.0838. The van der Waals surface area contributed by atoms with Crippen LogP contribution in [0.15, 0.2) is 54.6 Å². The number of amides is 1. The minimum atomic E-state index is -0.455. The standard InChI is InChI=1S/C24H27N3O3/c1-17-4-2-3-15-27(17)23(28)14-9-18-5-10-20(11-6-18)24(29)30-21-12-7-19(8-13-21)16-22(25)26/h5-14,17H,2-4,15-16H2,1H3,(H3,25,26)/b14-9+. The molecule has 0 spiro atoms. The molecule has 1 atom stereocenters. The van der Waals surface area contributed by atoms with Gasteiger partial charge in [0.2, 0.25) is 5.91 Å². The lowest BCUT2D eigenvalue weighted by Gasteiger charge is -2.32. The van der Waals surface area contributed by atoms with E-state index in [9.17, 15) is 9.59 Å². The summed E-state index contributed by atoms with van der Waals surface area (Å²) < 4.78 is 5.39. The first-order chi connectivity index (χ1) is 14.4. The van der Waals surface area contributed by atoms with Crippen molar-refractivity contribution in [2.45, 2.75) is 38.6 Å². The smallest absolute Gasteiger partial charge is 0.343 e. The van der Waals surface area contributed by atoms with E-state index in [1.54, 1.807) is 60.7 Å². The minimum absolute atomic E-state index is 0.0268. The van der Waals surface area contributed by atoms with Gasteiger partial charge in [-0.15, -0.1) is 0 Å². The Morgan fingerprint density at radius 3 is 2.47 bits per heavy atom. The van der Waals surface area contributed by atoms with Crippen molar-refractivity contribution in [1.29, 1.82) is 5.41 Å². The summed E-state index contributed by atoms with van der Waals surface area (Å²) in [6, 6.07) is 14.1. The molecule has 3 N–H and O–H groups in total. The predicted molar refractivity (Wildman–Crippen MR) is 118 cm³/mol. The Balaban J connectivity index is 1.57. The fraction of sp³-hybridized carbons (Fsp3) is 0.292. The van der Waals surface area contributed by atoms with E-state index in [1.807, 2.05) is 4.90 Å². The van der Waals surface area contributed by atoms with Crippen LogP contribution in [0, 0.1) is 5.41 Å². The van der Waals surface area contributed by atoms with Crippen LogP contribution in [0.25, 0.3) is 6.08 Å². The molecule has 1 aliphatic heterocycles. The lowest BCUT2D eigenvalue weighted by molar-refractivity contribution is -0.129. The Hall–Kier alpha value is -3.41. The second-order valence-electron chi connectivity index (χ2n) is 7.57. The van der Waals surface area contributed by atoms with Gasteiger partial charge in [0.1, 0.15) is 5.75 Å². The Morgan fingerprint density at radius 2 is 1.83 bits per heavy atom. The van der Waals surface area contributed by atoms with Crippen LogP contribution in [-0.2, 0) is 11.2 Å². The SMILES string of the molecule is CC1CCCCN1C(=O)/C=C/c1ccc(C(=O)Oc2ccc(CC(=N)N)cc2)cc1. The summed E-state index contributed by atoms with van der Waals surface area (Å²) in [5, 5.41) is 7.31. The molecule has 1 saturated heterocycles. The predicted octanol–water partition coefficient (Wildman–Crippen LogP) is 3.80. The highest BCUT2D eigenvalue weighted by Crippen LogP contribution is 2.18. The van der Waals surface area contributed by atoms with Gasteiger partial charge in [0.05, 0.1) is 11.4 Å². The van der Waals surface area contributed by atoms with Crippen molar-refractivity contribution in [2.75, 3.05) is 6.54 Å². The Bertz CT molecular complexity index is 933. The molecule has 30 heavy (non-hydrogen) atoms. The van der Waals surface area contributed by atoms with Crippen LogP contribution in [0.3, 0.4) is 0 Å². The molecule has 0 radical (unpaired) electrons. The van der Waals surface area contributed by atoms with Crippen molar-refractivity contribution < 1.29 is 14.3 Å². The number of nitrogens with zero attached hydrogens (tertiary/aromatic N) is 1. The number of rotatable bonds is 6. The van der Waals surface area contributed by atoms with Gasteiger partial charge in [0.25, 0.3) is 0 Å². The average Bonchev–Trinajstić information content (AvgIpc) is 2.74. The van der Waals surface area contributed by atoms with Gasteiger partial charge in [-0.1, -0.05) is 24.3 Å². The molecule has 156 valence electrons. The minimum Gasteiger partial charge on any atom is -0.423 e. The number of piperidine rings is 1. The highest BCUT2D eigenvalue weighted by atomic mass is 16.5. The third-order valence-electron chi connectivity index (χ3n) is 5.18. The number of ether oxygens (including phenoxy) is 1. The summed E-state index contributed by atoms with van der Waals surface area (Å²) in [5.41, 5.74) is 7.54. The van der Waals surface area contributed by atoms with Gasteiger partial charge >= 0.3 is 5.97 Å². The van der Waals surface area contributed by atoms with E-state index in [0.717, 1.165) is 30.5 Å². The number of esters is 1. The van der Waals surface area contributed by atoms with Gasteiger partial charge < -0.3 is 15.4 Å². The van der Waals surface area contributed by atoms with Crippen molar-refractivity contribution in [3.63, 3.8) is 0 Å². The van der Waals surface area contributed by atoms with Crippen LogP contribution in [-0.4, -0.2) is 35.2 Å². The van der Waals surface area contributed by atoms with Crippen LogP contribution >= 0.6 is 0 Å². The van der Waals surface area contributed by atoms with E-state index in [-0.39, 0.29) is 17.8 Å². The van der Waals surface area contributed by atoms with Crippen LogP contribution in [0.2, 0.25) is 0 Å². The number of nitrogens with two attached hydrogens (primary N) is 1. The fourth-order valence-corrected chi connectivity index (χ4v) is 3.48. The monoisotopic (exact) mass is 405 g/mol. The molecule has 2 aromatic carbocycles. The molecule has 0 bridgehead atoms. The second kappa shape index (κ2) is 9.87. The fourth-order valence-electron chi connectivity index (χ4n) is 3.48. The maximum atomic E-state index is 12.4. The molecule has 6 nitrogen and oxygen atoms in total. The van der Waals surface area contributed by atoms with E-state index in [1.165, 1.54) is 6.42 Å². The van der Waals surface area contributed by atoms with Crippen molar-refractivity contribution in [2.24, 2.45) is 5.73 Å². The number of hydrogen-bond acceptors (Lipinski definition) is 4. The van der Waals surface area contributed by atoms with Crippen molar-refractivity contribution >= 4 is 23.8 Å². The maximum Gasteiger partial charge on any atom is 0.343 e. The molecule has 0 aliphatic carbocycles. The summed E-state index contributed by atoms with van der Waals surface area (Å²) in [6.07, 6.45) is 7.01. The van der Waals surface area contributed by atoms with Gasteiger partial charge in [-0.05, 0) is 67.7 Å². The molecule has 1 unspecified atom stereocenters. The highest BCUT2D eigenvalue weighted by Gasteiger charge is 2.21. The molecule has 6 heteroatoms. The number of benzene rings is 2. The number of hydrogen-bond donors (Lipinski definition) is 2. The molecule has 1 heterocycles. The van der Waals surface area contributed by atoms with Gasteiger partial charge in [-0.3, -0.25) is 10.2 Å². The van der Waals surface area contributed by atoms with Gasteiger partial charge in [-0.2, -0.15) is 0 Å². The van der Waals surface area contributed by atoms with Crippen molar-refractivity contribution in [1.82, 2.24) is 4.90 Å². The van der Waals surface area contributed by atoms with Crippen molar-refractivity contribution in [3.8, 4) is 5.75 Å². The van der Waals surface area contributed by atoms with Gasteiger partial charge in [0.15, 0.2) is 0 Å². The number of carbonyl (C=O) groups is 2. The normalized spacial score (nSPS) is 16.4. The van der Waals surface area contributed by atoms with E-state index < -0.39 is 5.97 Å². The largest absolute Gasteiger partial charge is 0.423 e. The molecule has 1 aliphatic rings. The zero-order chi connectivity index (χ0) is 21.5. The number of nitrogens with one attached hydrogen (secondary N) is 1. The molecular weight excluding hydrogens is 378 g/mol. The van der Waals surface area contributed by atoms with Gasteiger partial charge in [0, 0.05) is 25.1 Å². The summed E-state index contributed by atoms with van der Waals surface area (Å²) in [6.45, 7) is 2.90. The number of likely N-dealkylation sites (tertiary alicyclic amines) is 1. The molecule has 1 amide bonds. The Labute approximate surface area is 176 Å². The highest BCUT2D eigenvalue weighted by molar-refractivity contribution is 5.93. The summed E-state index contributed by atoms with van der Waals surface area (Å²) in [7, 11) is 0. The third kappa shape index (κ3) is 5.80. The van der Waals surface area contributed by atoms with E-state index in [2.05, 4.69) is 6.92 Å². The van der Waals surface area contributed by atoms with Crippen LogP contribution in [0.5, 0.6) is 5.75 Å². The number of carbonyl (C=O) groups excluding carboxylic acids is 2. The van der Waals surface area contributed by atoms with Crippen molar-refractivity contribution in [3.05, 3.63) is 71.3 Å². The lowest BCUT2D eigenvalue weighted by Crippen LogP contribution is -2.41. The lowest BCUT2D eigenvalue weighted by atomic mass is 10.0. The maximum absolute atomic E-state index is 12.4. The van der Waals surface area contributed by atoms with Crippen LogP contribution in [0.1, 0.15) is 47.7 Å². The van der Waals surface area contributed by atoms with E-state index in [4.69, 9.17) is 15.9 Å². The molecule has 3 rings (SSSR count). The molecule has 0 aromatic heterocycles. The van der Waals surface area contributed by atoms with E-state index >= 15 is 0 Å². The summed E-state index contributed by atoms with van der Waals surface area (Å²) >= 11 is 0. The molecule has 0 saturated carbocycles. The van der Waals surface area contributed by atoms with E-state index in [0.29, 0.717) is 17.7 Å². The molecule has 1 fully saturated rings. The zero-order valence-corrected chi connectivity index (χ0v) is 17.1. The summed E-state index contributed by atoms with van der Waals surface area (Å²) in [4.78, 5) is 26.6. The zero-order valence-electron chi connectivity index (χ0n) is 17.1. The Morgan fingerprint density at radius 1 is 1.13 bits per heavy atom. The molecular formula is C24H27N3O3. The average molecular weight is 405 g/mol. The first-order valence-electron chi connectivity index (χ1n) is 10.1. The quantitative estimate of drug-likeness (QED) is 0.251. The second-order valence-corrected chi connectivity index (χ2v) is 7.57. The first kappa shape index (κ1) is 21.3. The Kier molecular flexibility index (Phi) is 7.01. The first-order valence-corrected chi connectivity index (χ1v) is 10.1. The molecule has 2 aromatic rings. The van der Waals surface area contributed by atoms with Crippen LogP contribution in [0.4, 0.5) is 0 Å². The van der Waals surface area contributed by atoms with Gasteiger partial charge in [-0.25, -0.2) is 4.79 Å². The van der Waals surface area contributed by atoms with Crippen LogP contribution < -0.4 is 10.5 Å². The topological polar surface area (TPSA) is 96.5 Å². The third-order valence-corrected chi connectivity index (χ3v) is 5.18.